The van der Waals surface area contributed by atoms with E-state index in [1.807, 2.05) is 24.5 Å². The van der Waals surface area contributed by atoms with Crippen LogP contribution in [-0.2, 0) is 0 Å². The summed E-state index contributed by atoms with van der Waals surface area (Å²) >= 11 is 5.16. The lowest BCUT2D eigenvalue weighted by molar-refractivity contribution is 0.226. The second-order valence-corrected chi connectivity index (χ2v) is 8.98. The van der Waals surface area contributed by atoms with Crippen LogP contribution in [0, 0.1) is 5.41 Å². The highest BCUT2D eigenvalue weighted by atomic mass is 79.9. The van der Waals surface area contributed by atoms with Gasteiger partial charge in [-0.2, -0.15) is 0 Å². The number of nitrogens with zero attached hydrogens (tertiary/aromatic N) is 3. The summed E-state index contributed by atoms with van der Waals surface area (Å²) in [7, 11) is 0. The zero-order valence-electron chi connectivity index (χ0n) is 13.7. The molecule has 1 aromatic carbocycles. The highest BCUT2D eigenvalue weighted by Crippen LogP contribution is 2.46. The number of aromatic nitrogens is 2. The fraction of sp³-hybridized carbons (Fsp3) is 0.474. The maximum absolute atomic E-state index is 4.67. The molecule has 1 saturated heterocycles. The fourth-order valence-electron chi connectivity index (χ4n) is 4.01. The van der Waals surface area contributed by atoms with Gasteiger partial charge in [-0.25, -0.2) is 9.97 Å². The summed E-state index contributed by atoms with van der Waals surface area (Å²) in [6.45, 7) is 2.26. The van der Waals surface area contributed by atoms with Crippen LogP contribution in [0.15, 0.2) is 51.1 Å². The van der Waals surface area contributed by atoms with Gasteiger partial charge in [0.2, 0.25) is 0 Å². The molecule has 0 bridgehead atoms. The van der Waals surface area contributed by atoms with Crippen LogP contribution in [-0.4, -0.2) is 23.1 Å². The monoisotopic (exact) mass is 403 g/mol. The third-order valence-corrected chi connectivity index (χ3v) is 6.85. The highest BCUT2D eigenvalue weighted by Gasteiger charge is 2.37. The molecule has 5 heteroatoms. The van der Waals surface area contributed by atoms with Crippen molar-refractivity contribution in [1.82, 2.24) is 9.97 Å². The molecule has 24 heavy (non-hydrogen) atoms. The molecule has 4 rings (SSSR count). The number of hydrogen-bond donors (Lipinski definition) is 0. The largest absolute Gasteiger partial charge is 0.355 e. The number of piperidine rings is 1. The summed E-state index contributed by atoms with van der Waals surface area (Å²) in [6.07, 6.45) is 12.2. The van der Waals surface area contributed by atoms with Crippen molar-refractivity contribution >= 4 is 33.5 Å². The van der Waals surface area contributed by atoms with E-state index in [-0.39, 0.29) is 0 Å². The second-order valence-electron chi connectivity index (χ2n) is 6.97. The summed E-state index contributed by atoms with van der Waals surface area (Å²) in [5, 5.41) is 0.945. The van der Waals surface area contributed by atoms with Gasteiger partial charge in [0, 0.05) is 22.5 Å². The second kappa shape index (κ2) is 7.04. The Bertz CT molecular complexity index is 688. The van der Waals surface area contributed by atoms with Crippen molar-refractivity contribution in [1.29, 1.82) is 0 Å². The van der Waals surface area contributed by atoms with Gasteiger partial charge in [0.25, 0.3) is 0 Å². The quantitative estimate of drug-likeness (QED) is 0.671. The molecule has 0 unspecified atom stereocenters. The average Bonchev–Trinajstić information content (AvgIpc) is 3.05. The topological polar surface area (TPSA) is 29.0 Å². The molecule has 3 nitrogen and oxygen atoms in total. The standard InChI is InChI=1S/C19H22BrN3S/c20-15-4-3-5-16(12-15)24-18-14-21-17(13-22-18)23-10-8-19(9-11-23)6-1-2-7-19/h3-5,12-14H,1-2,6-11H2. The summed E-state index contributed by atoms with van der Waals surface area (Å²) in [4.78, 5) is 12.9. The van der Waals surface area contributed by atoms with Gasteiger partial charge in [-0.15, -0.1) is 0 Å². The summed E-state index contributed by atoms with van der Waals surface area (Å²) in [5.74, 6) is 1.03. The van der Waals surface area contributed by atoms with Crippen molar-refractivity contribution in [2.75, 3.05) is 18.0 Å². The van der Waals surface area contributed by atoms with Crippen molar-refractivity contribution < 1.29 is 0 Å². The molecule has 1 aliphatic heterocycles. The van der Waals surface area contributed by atoms with Crippen molar-refractivity contribution in [3.05, 3.63) is 41.1 Å². The lowest BCUT2D eigenvalue weighted by Crippen LogP contribution is -2.39. The molecule has 126 valence electrons. The van der Waals surface area contributed by atoms with Gasteiger partial charge >= 0.3 is 0 Å². The van der Waals surface area contributed by atoms with Gasteiger partial charge in [-0.05, 0) is 49.3 Å². The molecule has 2 aromatic rings. The predicted molar refractivity (Wildman–Crippen MR) is 103 cm³/mol. The average molecular weight is 404 g/mol. The minimum atomic E-state index is 0.653. The van der Waals surface area contributed by atoms with Crippen molar-refractivity contribution in [2.45, 2.75) is 48.4 Å². The smallest absolute Gasteiger partial charge is 0.147 e. The molecule has 1 aromatic heterocycles. The number of rotatable bonds is 3. The van der Waals surface area contributed by atoms with Gasteiger partial charge in [-0.3, -0.25) is 0 Å². The minimum absolute atomic E-state index is 0.653. The Kier molecular flexibility index (Phi) is 4.81. The van der Waals surface area contributed by atoms with Crippen LogP contribution >= 0.6 is 27.7 Å². The molecule has 0 N–H and O–H groups in total. The molecule has 2 fully saturated rings. The number of halogens is 1. The Hall–Kier alpha value is -1.07. The maximum Gasteiger partial charge on any atom is 0.147 e. The van der Waals surface area contributed by atoms with Gasteiger partial charge in [0.05, 0.1) is 12.4 Å². The molecule has 2 aliphatic rings. The van der Waals surface area contributed by atoms with Gasteiger partial charge in [0.15, 0.2) is 0 Å². The van der Waals surface area contributed by atoms with Crippen LogP contribution in [0.4, 0.5) is 5.82 Å². The highest BCUT2D eigenvalue weighted by molar-refractivity contribution is 9.10. The van der Waals surface area contributed by atoms with Gasteiger partial charge < -0.3 is 4.90 Å². The van der Waals surface area contributed by atoms with E-state index < -0.39 is 0 Å². The molecule has 1 spiro atoms. The zero-order valence-corrected chi connectivity index (χ0v) is 16.2. The molecule has 0 atom stereocenters. The summed E-state index contributed by atoms with van der Waals surface area (Å²) < 4.78 is 1.09. The van der Waals surface area contributed by atoms with Crippen LogP contribution in [0.3, 0.4) is 0 Å². The van der Waals surface area contributed by atoms with E-state index in [4.69, 9.17) is 0 Å². The summed E-state index contributed by atoms with van der Waals surface area (Å²) in [6, 6.07) is 8.27. The van der Waals surface area contributed by atoms with Gasteiger partial charge in [-0.1, -0.05) is 46.6 Å². The SMILES string of the molecule is Brc1cccc(Sc2cnc(N3CCC4(CCCC4)CC3)cn2)c1. The Balaban J connectivity index is 1.39. The first-order valence-corrected chi connectivity index (χ1v) is 10.3. The number of hydrogen-bond acceptors (Lipinski definition) is 4. The molecule has 2 heterocycles. The molecule has 1 saturated carbocycles. The van der Waals surface area contributed by atoms with Crippen LogP contribution < -0.4 is 4.90 Å². The molecule has 0 amide bonds. The molecule has 0 radical (unpaired) electrons. The first kappa shape index (κ1) is 16.4. The van der Waals surface area contributed by atoms with E-state index in [1.54, 1.807) is 11.8 Å². The maximum atomic E-state index is 4.67. The molecular formula is C19H22BrN3S. The van der Waals surface area contributed by atoms with Crippen LogP contribution in [0.25, 0.3) is 0 Å². The van der Waals surface area contributed by atoms with Gasteiger partial charge in [0.1, 0.15) is 10.8 Å². The van der Waals surface area contributed by atoms with Crippen LogP contribution in [0.2, 0.25) is 0 Å². The Morgan fingerprint density at radius 3 is 2.46 bits per heavy atom. The summed E-state index contributed by atoms with van der Waals surface area (Å²) in [5.41, 5.74) is 0.653. The Labute approximate surface area is 156 Å². The van der Waals surface area contributed by atoms with E-state index in [2.05, 4.69) is 42.9 Å². The first-order chi connectivity index (χ1) is 11.7. The molecular weight excluding hydrogens is 382 g/mol. The lowest BCUT2D eigenvalue weighted by atomic mass is 9.77. The lowest BCUT2D eigenvalue weighted by Gasteiger charge is -2.39. The number of anilines is 1. The minimum Gasteiger partial charge on any atom is -0.355 e. The predicted octanol–water partition coefficient (Wildman–Crippen LogP) is 5.55. The van der Waals surface area contributed by atoms with Crippen LogP contribution in [0.1, 0.15) is 38.5 Å². The first-order valence-electron chi connectivity index (χ1n) is 8.73. The Morgan fingerprint density at radius 1 is 1.00 bits per heavy atom. The van der Waals surface area contributed by atoms with E-state index in [0.29, 0.717) is 5.41 Å². The Morgan fingerprint density at radius 2 is 1.79 bits per heavy atom. The fourth-order valence-corrected chi connectivity index (χ4v) is 5.35. The number of benzene rings is 1. The van der Waals surface area contributed by atoms with E-state index in [9.17, 15) is 0 Å². The van der Waals surface area contributed by atoms with E-state index in [0.717, 1.165) is 28.4 Å². The van der Waals surface area contributed by atoms with E-state index in [1.165, 1.54) is 43.4 Å². The van der Waals surface area contributed by atoms with Crippen LogP contribution in [0.5, 0.6) is 0 Å². The third kappa shape index (κ3) is 3.62. The van der Waals surface area contributed by atoms with Crippen molar-refractivity contribution in [3.63, 3.8) is 0 Å². The third-order valence-electron chi connectivity index (χ3n) is 5.45. The van der Waals surface area contributed by atoms with Crippen molar-refractivity contribution in [3.8, 4) is 0 Å². The van der Waals surface area contributed by atoms with Crippen molar-refractivity contribution in [2.24, 2.45) is 5.41 Å². The normalized spacial score (nSPS) is 19.8. The zero-order chi connectivity index (χ0) is 16.4. The van der Waals surface area contributed by atoms with E-state index >= 15 is 0 Å². The molecule has 1 aliphatic carbocycles.